The molecule has 0 saturated heterocycles. The first-order valence-corrected chi connectivity index (χ1v) is 7.13. The van der Waals surface area contributed by atoms with E-state index in [0.29, 0.717) is 21.7 Å². The lowest BCUT2D eigenvalue weighted by molar-refractivity contribution is 0.0607. The van der Waals surface area contributed by atoms with Gasteiger partial charge in [-0.05, 0) is 29.2 Å². The number of nitrogen functional groups attached to an aromatic ring is 1. The Morgan fingerprint density at radius 1 is 1.24 bits per heavy atom. The zero-order valence-corrected chi connectivity index (χ0v) is 12.7. The molecule has 21 heavy (non-hydrogen) atoms. The van der Waals surface area contributed by atoms with E-state index in [4.69, 9.17) is 10.5 Å². The highest BCUT2D eigenvalue weighted by Crippen LogP contribution is 2.43. The zero-order valence-electron chi connectivity index (χ0n) is 11.9. The third-order valence-electron chi connectivity index (χ3n) is 3.06. The van der Waals surface area contributed by atoms with Gasteiger partial charge in [0.1, 0.15) is 16.5 Å². The topological polar surface area (TPSA) is 52.3 Å². The Kier molecular flexibility index (Phi) is 4.27. The van der Waals surface area contributed by atoms with Crippen LogP contribution in [0.25, 0.3) is 10.4 Å². The van der Waals surface area contributed by atoms with Gasteiger partial charge in [-0.1, -0.05) is 13.8 Å². The minimum atomic E-state index is -0.675. The van der Waals surface area contributed by atoms with Crippen molar-refractivity contribution in [2.75, 3.05) is 12.8 Å². The molecule has 2 rings (SSSR count). The standard InChI is InChI=1S/C15H15F2NO2S/c1-7(2)11-12(18)14(15(19)20-3)21-13(11)8-4-9(16)6-10(17)5-8/h4-7H,18H2,1-3H3. The highest BCUT2D eigenvalue weighted by molar-refractivity contribution is 7.18. The molecule has 0 atom stereocenters. The Bertz CT molecular complexity index is 675. The fourth-order valence-corrected chi connectivity index (χ4v) is 3.46. The number of nitrogens with two attached hydrogens (primary N) is 1. The summed E-state index contributed by atoms with van der Waals surface area (Å²) in [6.07, 6.45) is 0. The Morgan fingerprint density at radius 2 is 1.81 bits per heavy atom. The normalized spacial score (nSPS) is 11.0. The lowest BCUT2D eigenvalue weighted by atomic mass is 9.98. The van der Waals surface area contributed by atoms with Crippen LogP contribution in [0.15, 0.2) is 18.2 Å². The van der Waals surface area contributed by atoms with Crippen LogP contribution in [0, 0.1) is 11.6 Å². The number of halogens is 2. The summed E-state index contributed by atoms with van der Waals surface area (Å²) in [7, 11) is 1.26. The van der Waals surface area contributed by atoms with Crippen molar-refractivity contribution in [3.8, 4) is 10.4 Å². The molecule has 1 heterocycles. The first kappa shape index (κ1) is 15.4. The van der Waals surface area contributed by atoms with Gasteiger partial charge in [0.25, 0.3) is 0 Å². The lowest BCUT2D eigenvalue weighted by Crippen LogP contribution is -2.03. The lowest BCUT2D eigenvalue weighted by Gasteiger charge is -2.09. The van der Waals surface area contributed by atoms with Crippen molar-refractivity contribution in [2.45, 2.75) is 19.8 Å². The van der Waals surface area contributed by atoms with Crippen LogP contribution < -0.4 is 5.73 Å². The summed E-state index contributed by atoms with van der Waals surface area (Å²) in [4.78, 5) is 12.6. The number of thiophene rings is 1. The van der Waals surface area contributed by atoms with E-state index in [2.05, 4.69) is 0 Å². The maximum absolute atomic E-state index is 13.4. The molecule has 112 valence electrons. The maximum atomic E-state index is 13.4. The van der Waals surface area contributed by atoms with Gasteiger partial charge < -0.3 is 10.5 Å². The third-order valence-corrected chi connectivity index (χ3v) is 4.31. The number of anilines is 1. The van der Waals surface area contributed by atoms with Crippen LogP contribution >= 0.6 is 11.3 Å². The fraction of sp³-hybridized carbons (Fsp3) is 0.267. The second-order valence-electron chi connectivity index (χ2n) is 4.89. The highest BCUT2D eigenvalue weighted by atomic mass is 32.1. The van der Waals surface area contributed by atoms with Gasteiger partial charge in [0.2, 0.25) is 0 Å². The molecular weight excluding hydrogens is 296 g/mol. The van der Waals surface area contributed by atoms with E-state index in [1.807, 2.05) is 13.8 Å². The molecule has 0 amide bonds. The highest BCUT2D eigenvalue weighted by Gasteiger charge is 2.24. The van der Waals surface area contributed by atoms with E-state index in [1.54, 1.807) is 0 Å². The number of carbonyl (C=O) groups is 1. The van der Waals surface area contributed by atoms with E-state index >= 15 is 0 Å². The van der Waals surface area contributed by atoms with E-state index in [-0.39, 0.29) is 10.8 Å². The molecular formula is C15H15F2NO2S. The van der Waals surface area contributed by atoms with Crippen molar-refractivity contribution in [2.24, 2.45) is 0 Å². The van der Waals surface area contributed by atoms with E-state index in [0.717, 1.165) is 17.4 Å². The van der Waals surface area contributed by atoms with Crippen LogP contribution in [0.2, 0.25) is 0 Å². The first-order chi connectivity index (χ1) is 9.85. The number of hydrogen-bond donors (Lipinski definition) is 1. The summed E-state index contributed by atoms with van der Waals surface area (Å²) < 4.78 is 31.5. The van der Waals surface area contributed by atoms with E-state index in [9.17, 15) is 13.6 Å². The molecule has 0 spiro atoms. The quantitative estimate of drug-likeness (QED) is 0.865. The third kappa shape index (κ3) is 2.90. The number of methoxy groups -OCH3 is 1. The number of carbonyl (C=O) groups excluding carboxylic acids is 1. The van der Waals surface area contributed by atoms with Gasteiger partial charge in [-0.15, -0.1) is 11.3 Å². The molecule has 0 aliphatic rings. The molecule has 0 saturated carbocycles. The molecule has 0 bridgehead atoms. The largest absolute Gasteiger partial charge is 0.465 e. The van der Waals surface area contributed by atoms with Crippen LogP contribution in [0.3, 0.4) is 0 Å². The van der Waals surface area contributed by atoms with Gasteiger partial charge in [-0.2, -0.15) is 0 Å². The average molecular weight is 311 g/mol. The number of ether oxygens (including phenoxy) is 1. The summed E-state index contributed by atoms with van der Waals surface area (Å²) in [6, 6.07) is 3.25. The fourth-order valence-electron chi connectivity index (χ4n) is 2.17. The van der Waals surface area contributed by atoms with E-state index < -0.39 is 17.6 Å². The Balaban J connectivity index is 2.70. The molecule has 0 radical (unpaired) electrons. The second kappa shape index (κ2) is 5.81. The van der Waals surface area contributed by atoms with Crippen molar-refractivity contribution in [1.29, 1.82) is 0 Å². The van der Waals surface area contributed by atoms with Crippen molar-refractivity contribution in [1.82, 2.24) is 0 Å². The molecule has 0 aliphatic carbocycles. The second-order valence-corrected chi connectivity index (χ2v) is 5.91. The van der Waals surface area contributed by atoms with Gasteiger partial charge in [0, 0.05) is 10.9 Å². The van der Waals surface area contributed by atoms with Gasteiger partial charge in [-0.3, -0.25) is 0 Å². The summed E-state index contributed by atoms with van der Waals surface area (Å²) in [5.41, 5.74) is 7.39. The zero-order chi connectivity index (χ0) is 15.7. The Labute approximate surface area is 125 Å². The van der Waals surface area contributed by atoms with Crippen LogP contribution in [0.5, 0.6) is 0 Å². The van der Waals surface area contributed by atoms with Crippen molar-refractivity contribution >= 4 is 23.0 Å². The monoisotopic (exact) mass is 311 g/mol. The van der Waals surface area contributed by atoms with Crippen LogP contribution in [0.1, 0.15) is 35.0 Å². The number of rotatable bonds is 3. The summed E-state index contributed by atoms with van der Waals surface area (Å²) >= 11 is 1.08. The first-order valence-electron chi connectivity index (χ1n) is 6.32. The molecule has 2 N–H and O–H groups in total. The van der Waals surface area contributed by atoms with Crippen LogP contribution in [-0.4, -0.2) is 13.1 Å². The Hall–Kier alpha value is -1.95. The van der Waals surface area contributed by atoms with Crippen LogP contribution in [-0.2, 0) is 4.74 Å². The summed E-state index contributed by atoms with van der Waals surface area (Å²) in [6.45, 7) is 3.80. The van der Waals surface area contributed by atoms with Gasteiger partial charge in [0.05, 0.1) is 12.8 Å². The van der Waals surface area contributed by atoms with Crippen molar-refractivity contribution in [3.63, 3.8) is 0 Å². The van der Waals surface area contributed by atoms with E-state index in [1.165, 1.54) is 19.2 Å². The molecule has 3 nitrogen and oxygen atoms in total. The molecule has 0 aliphatic heterocycles. The predicted octanol–water partition coefficient (Wildman–Crippen LogP) is 4.19. The summed E-state index contributed by atoms with van der Waals surface area (Å²) in [5.74, 6) is -1.90. The number of benzene rings is 1. The van der Waals surface area contributed by atoms with Crippen molar-refractivity contribution in [3.05, 3.63) is 40.3 Å². The van der Waals surface area contributed by atoms with Crippen molar-refractivity contribution < 1.29 is 18.3 Å². The minimum Gasteiger partial charge on any atom is -0.465 e. The molecule has 0 unspecified atom stereocenters. The average Bonchev–Trinajstić information content (AvgIpc) is 2.74. The van der Waals surface area contributed by atoms with Gasteiger partial charge >= 0.3 is 5.97 Å². The van der Waals surface area contributed by atoms with Gasteiger partial charge in [-0.25, -0.2) is 13.6 Å². The SMILES string of the molecule is COC(=O)c1sc(-c2cc(F)cc(F)c2)c(C(C)C)c1N. The van der Waals surface area contributed by atoms with Gasteiger partial charge in [0.15, 0.2) is 0 Å². The molecule has 0 fully saturated rings. The summed E-state index contributed by atoms with van der Waals surface area (Å²) in [5, 5.41) is 0. The smallest absolute Gasteiger partial charge is 0.350 e. The number of hydrogen-bond acceptors (Lipinski definition) is 4. The maximum Gasteiger partial charge on any atom is 0.350 e. The molecule has 1 aromatic heterocycles. The molecule has 1 aromatic carbocycles. The van der Waals surface area contributed by atoms with Crippen LogP contribution in [0.4, 0.5) is 14.5 Å². The molecule has 2 aromatic rings. The number of esters is 1. The Morgan fingerprint density at radius 3 is 2.29 bits per heavy atom. The minimum absolute atomic E-state index is 0.000912. The molecule has 6 heteroatoms. The predicted molar refractivity (Wildman–Crippen MR) is 79.5 cm³/mol.